The van der Waals surface area contributed by atoms with Gasteiger partial charge in [-0.2, -0.15) is 13.5 Å². The zero-order valence-electron chi connectivity index (χ0n) is 14.7. The van der Waals surface area contributed by atoms with Crippen LogP contribution in [-0.4, -0.2) is 124 Å². The third kappa shape index (κ3) is 5.67. The van der Waals surface area contributed by atoms with Crippen molar-refractivity contribution >= 4 is 93.0 Å². The molecule has 0 spiro atoms. The van der Waals surface area contributed by atoms with E-state index in [-0.39, 0.29) is 77.5 Å². The van der Waals surface area contributed by atoms with Crippen LogP contribution in [0.1, 0.15) is 23.7 Å². The first-order valence-corrected chi connectivity index (χ1v) is 9.80. The molecule has 2 aliphatic rings. The molecule has 2 saturated heterocycles. The minimum atomic E-state index is -4.88. The zero-order valence-corrected chi connectivity index (χ0v) is 15.5. The van der Waals surface area contributed by atoms with Crippen molar-refractivity contribution in [3.05, 3.63) is 35.9 Å². The number of rotatable bonds is 6. The molecule has 2 aliphatic heterocycles. The van der Waals surface area contributed by atoms with Crippen molar-refractivity contribution < 1.29 is 46.8 Å². The quantitative estimate of drug-likeness (QED) is 0.230. The number of cyclic esters (lactones) is 1. The SMILES string of the molecule is O=C1CCC(C(=O)O)(N2OC[C@H](NC(=O)C(c3ccccc3)S(=O)(=O)O)C2=O)O1.[NaH].[NaH]. The van der Waals surface area contributed by atoms with Crippen LogP contribution < -0.4 is 5.32 Å². The van der Waals surface area contributed by atoms with E-state index in [9.17, 15) is 37.3 Å². The maximum atomic E-state index is 12.6. The molecule has 2 heterocycles. The molecule has 0 aliphatic carbocycles. The number of esters is 1. The average molecular weight is 476 g/mol. The Kier molecular flexibility index (Phi) is 9.69. The van der Waals surface area contributed by atoms with E-state index < -0.39 is 57.5 Å². The van der Waals surface area contributed by atoms with E-state index in [1.807, 2.05) is 0 Å². The third-order valence-electron chi connectivity index (χ3n) is 4.44. The van der Waals surface area contributed by atoms with Gasteiger partial charge in [0.1, 0.15) is 12.6 Å². The average Bonchev–Trinajstić information content (AvgIpc) is 3.19. The van der Waals surface area contributed by atoms with Crippen LogP contribution in [-0.2, 0) is 38.9 Å². The number of aliphatic carboxylic acids is 1. The summed E-state index contributed by atoms with van der Waals surface area (Å²) in [5, 5.41) is 9.89. The molecule has 2 fully saturated rings. The van der Waals surface area contributed by atoms with E-state index >= 15 is 0 Å². The van der Waals surface area contributed by atoms with Crippen LogP contribution in [0.5, 0.6) is 0 Å². The number of carboxylic acid groups (broad SMARTS) is 1. The molecule has 0 aromatic heterocycles. The molecule has 3 N–H and O–H groups in total. The van der Waals surface area contributed by atoms with E-state index in [1.165, 1.54) is 24.3 Å². The molecule has 2 unspecified atom stereocenters. The topological polar surface area (TPSA) is 177 Å². The standard InChI is InChI=1S/C16H16N2O10S.2Na.2H/c19-11-6-7-16(28-11,15(22)23)18-14(21)10(8-27-18)17-13(20)12(29(24,25)26)9-4-2-1-3-5-9;;;;/h1-5,10,12H,6-8H2,(H,17,20)(H,22,23)(H,24,25,26);;;;/t10-,12?,16?;;;;/m0..../s1. The fraction of sp³-hybridized carbons (Fsp3) is 0.375. The molecule has 1 aromatic rings. The van der Waals surface area contributed by atoms with Gasteiger partial charge in [0.2, 0.25) is 5.91 Å². The number of hydrogen-bond donors (Lipinski definition) is 3. The van der Waals surface area contributed by atoms with E-state index in [0.29, 0.717) is 5.06 Å². The summed E-state index contributed by atoms with van der Waals surface area (Å²) < 4.78 is 37.7. The molecule has 3 atom stereocenters. The van der Waals surface area contributed by atoms with E-state index in [4.69, 9.17) is 9.57 Å². The van der Waals surface area contributed by atoms with E-state index in [0.717, 1.165) is 0 Å². The molecular weight excluding hydrogens is 458 g/mol. The molecule has 2 amide bonds. The van der Waals surface area contributed by atoms with Crippen LogP contribution in [0, 0.1) is 0 Å². The third-order valence-corrected chi connectivity index (χ3v) is 5.52. The Hall–Kier alpha value is -1.03. The second-order valence-corrected chi connectivity index (χ2v) is 7.86. The van der Waals surface area contributed by atoms with Crippen LogP contribution in [0.3, 0.4) is 0 Å². The summed E-state index contributed by atoms with van der Waals surface area (Å²) in [6.45, 7) is -0.524. The number of amides is 2. The van der Waals surface area contributed by atoms with Gasteiger partial charge in [0.05, 0.1) is 6.42 Å². The van der Waals surface area contributed by atoms with Gasteiger partial charge in [-0.15, -0.1) is 0 Å². The Morgan fingerprint density at radius 2 is 1.81 bits per heavy atom. The van der Waals surface area contributed by atoms with Crippen molar-refractivity contribution in [2.24, 2.45) is 0 Å². The summed E-state index contributed by atoms with van der Waals surface area (Å²) in [5.41, 5.74) is -2.40. The van der Waals surface area contributed by atoms with Crippen LogP contribution in [0.15, 0.2) is 30.3 Å². The van der Waals surface area contributed by atoms with Crippen molar-refractivity contribution in [2.75, 3.05) is 6.61 Å². The normalized spacial score (nSPS) is 23.9. The fourth-order valence-electron chi connectivity index (χ4n) is 3.09. The number of carbonyl (C=O) groups is 4. The number of ether oxygens (including phenoxy) is 1. The van der Waals surface area contributed by atoms with Gasteiger partial charge >= 0.3 is 76.8 Å². The summed E-state index contributed by atoms with van der Waals surface area (Å²) in [6.07, 6.45) is -0.611. The van der Waals surface area contributed by atoms with Crippen molar-refractivity contribution in [1.29, 1.82) is 0 Å². The van der Waals surface area contributed by atoms with E-state index in [1.54, 1.807) is 6.07 Å². The molecule has 0 bridgehead atoms. The summed E-state index contributed by atoms with van der Waals surface area (Å²) in [7, 11) is -4.88. The summed E-state index contributed by atoms with van der Waals surface area (Å²) in [4.78, 5) is 53.1. The Morgan fingerprint density at radius 3 is 2.29 bits per heavy atom. The number of hydrogen-bond acceptors (Lipinski definition) is 8. The first-order valence-electron chi connectivity index (χ1n) is 8.30. The van der Waals surface area contributed by atoms with Gasteiger partial charge in [-0.3, -0.25) is 23.8 Å². The monoisotopic (exact) mass is 476 g/mol. The number of benzene rings is 1. The molecular formula is C16H18N2Na2O10S. The van der Waals surface area contributed by atoms with Gasteiger partial charge in [0.15, 0.2) is 5.25 Å². The molecule has 15 heteroatoms. The number of nitrogens with one attached hydrogen (secondary N) is 1. The Labute approximate surface area is 220 Å². The number of carboxylic acids is 1. The maximum absolute atomic E-state index is 12.6. The predicted octanol–water partition coefficient (Wildman–Crippen LogP) is -2.30. The molecule has 12 nitrogen and oxygen atoms in total. The van der Waals surface area contributed by atoms with Gasteiger partial charge in [-0.1, -0.05) is 30.3 Å². The second-order valence-electron chi connectivity index (χ2n) is 6.36. The molecule has 0 saturated carbocycles. The van der Waals surface area contributed by atoms with Crippen LogP contribution in [0.4, 0.5) is 0 Å². The summed E-state index contributed by atoms with van der Waals surface area (Å²) in [5.74, 6) is -4.73. The number of nitrogens with zero attached hydrogens (tertiary/aromatic N) is 1. The van der Waals surface area contributed by atoms with Gasteiger partial charge in [-0.25, -0.2) is 4.79 Å². The second kappa shape index (κ2) is 10.7. The van der Waals surface area contributed by atoms with Gasteiger partial charge in [0, 0.05) is 6.42 Å². The van der Waals surface area contributed by atoms with Crippen molar-refractivity contribution in [3.63, 3.8) is 0 Å². The van der Waals surface area contributed by atoms with Crippen molar-refractivity contribution in [2.45, 2.75) is 29.9 Å². The molecule has 31 heavy (non-hydrogen) atoms. The van der Waals surface area contributed by atoms with Gasteiger partial charge < -0.3 is 15.2 Å². The molecule has 3 rings (SSSR count). The van der Waals surface area contributed by atoms with Crippen LogP contribution in [0.25, 0.3) is 0 Å². The summed E-state index contributed by atoms with van der Waals surface area (Å²) in [6, 6.07) is 5.63. The Bertz CT molecular complexity index is 974. The van der Waals surface area contributed by atoms with E-state index in [2.05, 4.69) is 5.32 Å². The van der Waals surface area contributed by atoms with Gasteiger partial charge in [-0.05, 0) is 5.56 Å². The first kappa shape index (κ1) is 28.0. The van der Waals surface area contributed by atoms with Crippen molar-refractivity contribution in [3.8, 4) is 0 Å². The number of carbonyl (C=O) groups excluding carboxylic acids is 3. The molecule has 1 aromatic carbocycles. The Morgan fingerprint density at radius 1 is 1.19 bits per heavy atom. The summed E-state index contributed by atoms with van der Waals surface area (Å²) >= 11 is 0. The minimum absolute atomic E-state index is 0. The molecule has 160 valence electrons. The fourth-order valence-corrected chi connectivity index (χ4v) is 3.93. The zero-order chi connectivity index (χ0) is 21.4. The van der Waals surface area contributed by atoms with Crippen LogP contribution in [0.2, 0.25) is 0 Å². The number of hydroxylamine groups is 2. The van der Waals surface area contributed by atoms with Gasteiger partial charge in [0.25, 0.3) is 16.0 Å². The predicted molar refractivity (Wildman–Crippen MR) is 105 cm³/mol. The van der Waals surface area contributed by atoms with Crippen molar-refractivity contribution in [1.82, 2.24) is 10.4 Å². The van der Waals surface area contributed by atoms with Crippen LogP contribution >= 0.6 is 0 Å². The Balaban J connectivity index is 0.00000240. The molecule has 0 radical (unpaired) electrons. The first-order chi connectivity index (χ1) is 13.6.